The van der Waals surface area contributed by atoms with Gasteiger partial charge in [0, 0.05) is 11.6 Å². The molecule has 0 aromatic heterocycles. The molecule has 1 amide bonds. The Balaban J connectivity index is 1.98. The lowest BCUT2D eigenvalue weighted by Gasteiger charge is -2.17. The largest absolute Gasteiger partial charge is 0.497 e. The number of anilines is 1. The summed E-state index contributed by atoms with van der Waals surface area (Å²) in [5.74, 6) is 0.515. The molecule has 1 fully saturated rings. The lowest BCUT2D eigenvalue weighted by molar-refractivity contribution is -0.137. The third-order valence-corrected chi connectivity index (χ3v) is 5.67. The highest BCUT2D eigenvalue weighted by molar-refractivity contribution is 8.27. The number of methoxy groups -OCH3 is 2. The van der Waals surface area contributed by atoms with Crippen LogP contribution in [0.3, 0.4) is 0 Å². The van der Waals surface area contributed by atoms with Crippen molar-refractivity contribution in [1.29, 1.82) is 0 Å². The fourth-order valence-corrected chi connectivity index (χ4v) is 4.15. The summed E-state index contributed by atoms with van der Waals surface area (Å²) in [4.78, 5) is 14.2. The molecule has 0 N–H and O–H groups in total. The fraction of sp³-hybridized carbons (Fsp3) is 0.158. The Morgan fingerprint density at radius 2 is 1.86 bits per heavy atom. The molecule has 2 aromatic rings. The summed E-state index contributed by atoms with van der Waals surface area (Å²) in [6.45, 7) is 0. The molecule has 10 heteroatoms. The van der Waals surface area contributed by atoms with Gasteiger partial charge in [-0.15, -0.1) is 0 Å². The molecular formula is C19H13ClF3NO3S2. The Morgan fingerprint density at radius 1 is 1.14 bits per heavy atom. The first kappa shape index (κ1) is 21.5. The minimum absolute atomic E-state index is 0.00526. The molecule has 0 aliphatic carbocycles. The van der Waals surface area contributed by atoms with Crippen LogP contribution in [0.2, 0.25) is 5.02 Å². The van der Waals surface area contributed by atoms with E-state index in [4.69, 9.17) is 33.3 Å². The van der Waals surface area contributed by atoms with Crippen molar-refractivity contribution >= 4 is 57.6 Å². The minimum atomic E-state index is -4.65. The normalized spacial score (nSPS) is 15.9. The van der Waals surface area contributed by atoms with Gasteiger partial charge >= 0.3 is 6.18 Å². The number of amides is 1. The van der Waals surface area contributed by atoms with Crippen molar-refractivity contribution in [3.05, 3.63) is 57.5 Å². The first-order valence-electron chi connectivity index (χ1n) is 8.02. The summed E-state index contributed by atoms with van der Waals surface area (Å²) >= 11 is 11.9. The van der Waals surface area contributed by atoms with Crippen molar-refractivity contribution in [2.24, 2.45) is 0 Å². The van der Waals surface area contributed by atoms with Crippen LogP contribution in [0.15, 0.2) is 41.3 Å². The number of hydrogen-bond donors (Lipinski definition) is 0. The van der Waals surface area contributed by atoms with Gasteiger partial charge in [0.1, 0.15) is 11.5 Å². The van der Waals surface area contributed by atoms with Crippen molar-refractivity contribution in [2.45, 2.75) is 6.18 Å². The number of thioether (sulfide) groups is 1. The highest BCUT2D eigenvalue weighted by Crippen LogP contribution is 2.41. The number of nitrogens with zero attached hydrogens (tertiary/aromatic N) is 1. The number of halogens is 4. The molecule has 0 bridgehead atoms. The lowest BCUT2D eigenvalue weighted by Crippen LogP contribution is -2.27. The maximum Gasteiger partial charge on any atom is 0.417 e. The summed E-state index contributed by atoms with van der Waals surface area (Å²) in [6, 6.07) is 8.28. The SMILES string of the molecule is COc1ccc(C=C2SC(=S)N(c3ccc(Cl)c(C(F)(F)F)c3)C2=O)c(OC)c1. The number of carbonyl (C=O) groups is 1. The molecule has 29 heavy (non-hydrogen) atoms. The Bertz CT molecular complexity index is 1020. The standard InChI is InChI=1S/C19H13ClF3NO3S2/c1-26-12-5-3-10(15(9-12)27-2)7-16-17(25)24(18(28)29-16)11-4-6-14(20)13(8-11)19(21,22)23/h3-9H,1-2H3. The van der Waals surface area contributed by atoms with Gasteiger partial charge in [0.15, 0.2) is 4.32 Å². The van der Waals surface area contributed by atoms with E-state index < -0.39 is 22.7 Å². The molecule has 3 rings (SSSR count). The molecule has 0 unspecified atom stereocenters. The summed E-state index contributed by atoms with van der Waals surface area (Å²) < 4.78 is 50.0. The topological polar surface area (TPSA) is 38.8 Å². The lowest BCUT2D eigenvalue weighted by atomic mass is 10.1. The minimum Gasteiger partial charge on any atom is -0.497 e. The number of hydrogen-bond acceptors (Lipinski definition) is 5. The van der Waals surface area contributed by atoms with Gasteiger partial charge in [-0.05, 0) is 36.4 Å². The summed E-state index contributed by atoms with van der Waals surface area (Å²) in [5.41, 5.74) is -0.443. The second-order valence-electron chi connectivity index (χ2n) is 5.79. The van der Waals surface area contributed by atoms with Gasteiger partial charge in [0.05, 0.1) is 35.4 Å². The van der Waals surface area contributed by atoms with E-state index in [1.54, 1.807) is 24.3 Å². The molecule has 152 valence electrons. The average Bonchev–Trinajstić information content (AvgIpc) is 2.95. The van der Waals surface area contributed by atoms with E-state index in [9.17, 15) is 18.0 Å². The molecule has 0 atom stereocenters. The van der Waals surface area contributed by atoms with Crippen LogP contribution in [-0.2, 0) is 11.0 Å². The molecule has 0 radical (unpaired) electrons. The number of carbonyl (C=O) groups excluding carboxylic acids is 1. The van der Waals surface area contributed by atoms with Crippen molar-refractivity contribution in [3.63, 3.8) is 0 Å². The molecule has 0 saturated carbocycles. The summed E-state index contributed by atoms with van der Waals surface area (Å²) in [5, 5.41) is -0.454. The number of alkyl halides is 3. The Hall–Kier alpha value is -2.23. The Labute approximate surface area is 179 Å². The van der Waals surface area contributed by atoms with Crippen LogP contribution in [0.5, 0.6) is 11.5 Å². The van der Waals surface area contributed by atoms with Crippen molar-refractivity contribution < 1.29 is 27.4 Å². The zero-order chi connectivity index (χ0) is 21.3. The first-order chi connectivity index (χ1) is 13.7. The van der Waals surface area contributed by atoms with Crippen LogP contribution in [0.25, 0.3) is 6.08 Å². The molecule has 1 aliphatic heterocycles. The molecule has 1 heterocycles. The molecule has 1 saturated heterocycles. The van der Waals surface area contributed by atoms with Gasteiger partial charge in [-0.2, -0.15) is 13.2 Å². The van der Waals surface area contributed by atoms with Gasteiger partial charge in [0.25, 0.3) is 5.91 Å². The van der Waals surface area contributed by atoms with E-state index in [1.165, 1.54) is 20.3 Å². The van der Waals surface area contributed by atoms with Gasteiger partial charge in [-0.1, -0.05) is 35.6 Å². The quantitative estimate of drug-likeness (QED) is 0.428. The third-order valence-electron chi connectivity index (χ3n) is 4.03. The second-order valence-corrected chi connectivity index (χ2v) is 7.87. The number of rotatable bonds is 4. The zero-order valence-corrected chi connectivity index (χ0v) is 17.4. The molecule has 0 spiro atoms. The number of ether oxygens (including phenoxy) is 2. The predicted molar refractivity (Wildman–Crippen MR) is 112 cm³/mol. The van der Waals surface area contributed by atoms with E-state index in [2.05, 4.69) is 0 Å². The molecular weight excluding hydrogens is 447 g/mol. The highest BCUT2D eigenvalue weighted by Gasteiger charge is 2.37. The maximum absolute atomic E-state index is 13.2. The molecule has 2 aromatic carbocycles. The molecule has 4 nitrogen and oxygen atoms in total. The van der Waals surface area contributed by atoms with Crippen molar-refractivity contribution in [2.75, 3.05) is 19.1 Å². The van der Waals surface area contributed by atoms with Gasteiger partial charge in [0.2, 0.25) is 0 Å². The number of benzene rings is 2. The zero-order valence-electron chi connectivity index (χ0n) is 15.0. The van der Waals surface area contributed by atoms with Gasteiger partial charge < -0.3 is 9.47 Å². The molecule has 1 aliphatic rings. The smallest absolute Gasteiger partial charge is 0.417 e. The van der Waals surface area contributed by atoms with Crippen molar-refractivity contribution in [1.82, 2.24) is 0 Å². The Kier molecular flexibility index (Phi) is 6.11. The Morgan fingerprint density at radius 3 is 2.48 bits per heavy atom. The van der Waals surface area contributed by atoms with E-state index in [0.717, 1.165) is 28.8 Å². The summed E-state index contributed by atoms with van der Waals surface area (Å²) in [6.07, 6.45) is -3.09. The van der Waals surface area contributed by atoms with Crippen LogP contribution in [0.1, 0.15) is 11.1 Å². The van der Waals surface area contributed by atoms with Crippen LogP contribution < -0.4 is 14.4 Å². The van der Waals surface area contributed by atoms with Crippen molar-refractivity contribution in [3.8, 4) is 11.5 Å². The van der Waals surface area contributed by atoms with E-state index in [-0.39, 0.29) is 14.9 Å². The van der Waals surface area contributed by atoms with E-state index >= 15 is 0 Å². The fourth-order valence-electron chi connectivity index (χ4n) is 2.64. The maximum atomic E-state index is 13.2. The predicted octanol–water partition coefficient (Wildman–Crippen LogP) is 5.78. The highest BCUT2D eigenvalue weighted by atomic mass is 35.5. The van der Waals surface area contributed by atoms with Gasteiger partial charge in [-0.3, -0.25) is 9.69 Å². The van der Waals surface area contributed by atoms with Crippen LogP contribution in [0, 0.1) is 0 Å². The van der Waals surface area contributed by atoms with Crippen LogP contribution in [-0.4, -0.2) is 24.4 Å². The van der Waals surface area contributed by atoms with E-state index in [0.29, 0.717) is 17.1 Å². The first-order valence-corrected chi connectivity index (χ1v) is 9.62. The summed E-state index contributed by atoms with van der Waals surface area (Å²) in [7, 11) is 2.99. The van der Waals surface area contributed by atoms with E-state index in [1.807, 2.05) is 0 Å². The monoisotopic (exact) mass is 459 g/mol. The second kappa shape index (κ2) is 8.25. The van der Waals surface area contributed by atoms with Crippen LogP contribution in [0.4, 0.5) is 18.9 Å². The van der Waals surface area contributed by atoms with Crippen LogP contribution >= 0.6 is 35.6 Å². The third kappa shape index (κ3) is 4.36. The number of thiocarbonyl (C=S) groups is 1. The average molecular weight is 460 g/mol. The van der Waals surface area contributed by atoms with Gasteiger partial charge in [-0.25, -0.2) is 0 Å².